The Kier molecular flexibility index (Phi) is 3.22. The van der Waals surface area contributed by atoms with Crippen LogP contribution in [0.15, 0.2) is 30.5 Å². The number of para-hydroxylation sites is 1. The van der Waals surface area contributed by atoms with E-state index in [2.05, 4.69) is 34.6 Å². The number of aliphatic hydroxyl groups is 1. The molecule has 1 unspecified atom stereocenters. The van der Waals surface area contributed by atoms with Gasteiger partial charge in [0.25, 0.3) is 0 Å². The predicted molar refractivity (Wildman–Crippen MR) is 70.9 cm³/mol. The summed E-state index contributed by atoms with van der Waals surface area (Å²) in [5.74, 6) is 0. The third kappa shape index (κ3) is 2.51. The van der Waals surface area contributed by atoms with Gasteiger partial charge >= 0.3 is 0 Å². The number of benzene rings is 1. The first-order valence-corrected chi connectivity index (χ1v) is 5.99. The van der Waals surface area contributed by atoms with Gasteiger partial charge in [0.05, 0.1) is 6.10 Å². The van der Waals surface area contributed by atoms with E-state index >= 15 is 0 Å². The van der Waals surface area contributed by atoms with Gasteiger partial charge in [-0.3, -0.25) is 0 Å². The molecule has 0 aliphatic rings. The van der Waals surface area contributed by atoms with Crippen LogP contribution in [-0.4, -0.2) is 21.7 Å². The summed E-state index contributed by atoms with van der Waals surface area (Å²) in [6, 6.07) is 8.32. The molecule has 1 heterocycles. The number of hydrogen-bond donors (Lipinski definition) is 3. The molecule has 0 saturated carbocycles. The molecule has 3 heteroatoms. The standard InChI is InChI=1S/C14H20N2O/c1-10(17)14(2,3)16-9-12-6-4-5-11-7-8-15-13(11)12/h4-8,10,15-17H,9H2,1-3H3. The Morgan fingerprint density at radius 1 is 1.35 bits per heavy atom. The number of nitrogens with one attached hydrogen (secondary N) is 2. The molecule has 0 saturated heterocycles. The van der Waals surface area contributed by atoms with E-state index in [1.165, 1.54) is 16.5 Å². The van der Waals surface area contributed by atoms with E-state index in [-0.39, 0.29) is 11.6 Å². The minimum absolute atomic E-state index is 0.283. The molecule has 0 aliphatic carbocycles. The molecule has 0 radical (unpaired) electrons. The third-order valence-corrected chi connectivity index (χ3v) is 3.45. The summed E-state index contributed by atoms with van der Waals surface area (Å²) < 4.78 is 0. The second-order valence-corrected chi connectivity index (χ2v) is 5.11. The fourth-order valence-corrected chi connectivity index (χ4v) is 1.77. The third-order valence-electron chi connectivity index (χ3n) is 3.45. The van der Waals surface area contributed by atoms with E-state index in [1.807, 2.05) is 27.0 Å². The van der Waals surface area contributed by atoms with Crippen LogP contribution in [0.4, 0.5) is 0 Å². The lowest BCUT2D eigenvalue weighted by Crippen LogP contribution is -2.47. The maximum atomic E-state index is 9.66. The lowest BCUT2D eigenvalue weighted by atomic mass is 9.98. The van der Waals surface area contributed by atoms with Crippen LogP contribution in [0.5, 0.6) is 0 Å². The van der Waals surface area contributed by atoms with Gasteiger partial charge in [0, 0.05) is 23.8 Å². The summed E-state index contributed by atoms with van der Waals surface area (Å²) in [5, 5.41) is 14.3. The molecule has 17 heavy (non-hydrogen) atoms. The van der Waals surface area contributed by atoms with Gasteiger partial charge in [-0.25, -0.2) is 0 Å². The van der Waals surface area contributed by atoms with Crippen molar-refractivity contribution in [3.05, 3.63) is 36.0 Å². The molecule has 0 amide bonds. The average molecular weight is 232 g/mol. The van der Waals surface area contributed by atoms with Crippen molar-refractivity contribution in [1.29, 1.82) is 0 Å². The lowest BCUT2D eigenvalue weighted by Gasteiger charge is -2.29. The monoisotopic (exact) mass is 232 g/mol. The molecule has 0 aliphatic heterocycles. The predicted octanol–water partition coefficient (Wildman–Crippen LogP) is 2.42. The topological polar surface area (TPSA) is 48.0 Å². The molecule has 1 aromatic carbocycles. The normalized spacial score (nSPS) is 14.1. The highest BCUT2D eigenvalue weighted by atomic mass is 16.3. The van der Waals surface area contributed by atoms with Crippen molar-refractivity contribution in [3.8, 4) is 0 Å². The number of aromatic amines is 1. The fraction of sp³-hybridized carbons (Fsp3) is 0.429. The number of aromatic nitrogens is 1. The first kappa shape index (κ1) is 12.1. The van der Waals surface area contributed by atoms with Crippen molar-refractivity contribution in [2.24, 2.45) is 0 Å². The Hall–Kier alpha value is -1.32. The van der Waals surface area contributed by atoms with Crippen LogP contribution in [0.3, 0.4) is 0 Å². The summed E-state index contributed by atoms with van der Waals surface area (Å²) in [6.45, 7) is 6.57. The zero-order chi connectivity index (χ0) is 12.5. The molecule has 1 atom stereocenters. The second kappa shape index (κ2) is 4.51. The highest BCUT2D eigenvalue weighted by molar-refractivity contribution is 5.82. The number of H-pyrrole nitrogens is 1. The Morgan fingerprint density at radius 2 is 2.12 bits per heavy atom. The van der Waals surface area contributed by atoms with E-state index in [0.717, 1.165) is 6.54 Å². The number of aliphatic hydroxyl groups excluding tert-OH is 1. The average Bonchev–Trinajstić information content (AvgIpc) is 2.74. The largest absolute Gasteiger partial charge is 0.392 e. The van der Waals surface area contributed by atoms with E-state index < -0.39 is 0 Å². The summed E-state index contributed by atoms with van der Waals surface area (Å²) in [7, 11) is 0. The molecular weight excluding hydrogens is 212 g/mol. The highest BCUT2D eigenvalue weighted by Crippen LogP contribution is 2.18. The summed E-state index contributed by atoms with van der Waals surface area (Å²) >= 11 is 0. The zero-order valence-corrected chi connectivity index (χ0v) is 10.6. The van der Waals surface area contributed by atoms with Crippen LogP contribution >= 0.6 is 0 Å². The van der Waals surface area contributed by atoms with Gasteiger partial charge in [0.15, 0.2) is 0 Å². The first-order valence-electron chi connectivity index (χ1n) is 5.99. The minimum Gasteiger partial charge on any atom is -0.392 e. The van der Waals surface area contributed by atoms with Crippen molar-refractivity contribution in [2.75, 3.05) is 0 Å². The quantitative estimate of drug-likeness (QED) is 0.758. The Balaban J connectivity index is 2.17. The van der Waals surface area contributed by atoms with Crippen molar-refractivity contribution >= 4 is 10.9 Å². The molecule has 2 rings (SSSR count). The minimum atomic E-state index is -0.384. The van der Waals surface area contributed by atoms with Gasteiger partial charge in [0.1, 0.15) is 0 Å². The molecule has 2 aromatic rings. The van der Waals surface area contributed by atoms with E-state index in [0.29, 0.717) is 0 Å². The Morgan fingerprint density at radius 3 is 2.82 bits per heavy atom. The molecule has 0 bridgehead atoms. The molecule has 1 aromatic heterocycles. The maximum absolute atomic E-state index is 9.66. The highest BCUT2D eigenvalue weighted by Gasteiger charge is 2.23. The van der Waals surface area contributed by atoms with Crippen LogP contribution in [0.2, 0.25) is 0 Å². The van der Waals surface area contributed by atoms with Gasteiger partial charge in [0.2, 0.25) is 0 Å². The molecule has 0 spiro atoms. The van der Waals surface area contributed by atoms with E-state index in [9.17, 15) is 5.11 Å². The number of fused-ring (bicyclic) bond motifs is 1. The van der Waals surface area contributed by atoms with Crippen molar-refractivity contribution < 1.29 is 5.11 Å². The van der Waals surface area contributed by atoms with Crippen LogP contribution in [-0.2, 0) is 6.54 Å². The van der Waals surface area contributed by atoms with Gasteiger partial charge in [-0.1, -0.05) is 18.2 Å². The summed E-state index contributed by atoms with van der Waals surface area (Å²) in [5.41, 5.74) is 2.11. The second-order valence-electron chi connectivity index (χ2n) is 5.11. The Labute approximate surface area is 102 Å². The van der Waals surface area contributed by atoms with Crippen LogP contribution in [0.25, 0.3) is 10.9 Å². The smallest absolute Gasteiger partial charge is 0.0688 e. The number of hydrogen-bond acceptors (Lipinski definition) is 2. The van der Waals surface area contributed by atoms with E-state index in [1.54, 1.807) is 0 Å². The molecule has 92 valence electrons. The van der Waals surface area contributed by atoms with Gasteiger partial charge in [-0.05, 0) is 37.8 Å². The van der Waals surface area contributed by atoms with Crippen LogP contribution < -0.4 is 5.32 Å². The van der Waals surface area contributed by atoms with Crippen molar-refractivity contribution in [3.63, 3.8) is 0 Å². The van der Waals surface area contributed by atoms with E-state index in [4.69, 9.17) is 0 Å². The fourth-order valence-electron chi connectivity index (χ4n) is 1.77. The van der Waals surface area contributed by atoms with Crippen LogP contribution in [0, 0.1) is 0 Å². The Bertz CT molecular complexity index is 500. The molecule has 3 nitrogen and oxygen atoms in total. The maximum Gasteiger partial charge on any atom is 0.0688 e. The number of rotatable bonds is 4. The first-order chi connectivity index (χ1) is 8.00. The van der Waals surface area contributed by atoms with Crippen molar-refractivity contribution in [2.45, 2.75) is 39.0 Å². The van der Waals surface area contributed by atoms with Gasteiger partial charge in [-0.15, -0.1) is 0 Å². The van der Waals surface area contributed by atoms with Crippen molar-refractivity contribution in [1.82, 2.24) is 10.3 Å². The molecular formula is C14H20N2O. The summed E-state index contributed by atoms with van der Waals surface area (Å²) in [4.78, 5) is 3.25. The van der Waals surface area contributed by atoms with Crippen LogP contribution in [0.1, 0.15) is 26.3 Å². The lowest BCUT2D eigenvalue weighted by molar-refractivity contribution is 0.0957. The molecule has 3 N–H and O–H groups in total. The van der Waals surface area contributed by atoms with Gasteiger partial charge in [-0.2, -0.15) is 0 Å². The van der Waals surface area contributed by atoms with Gasteiger partial charge < -0.3 is 15.4 Å². The summed E-state index contributed by atoms with van der Waals surface area (Å²) in [6.07, 6.45) is 1.57. The zero-order valence-electron chi connectivity index (χ0n) is 10.6. The SMILES string of the molecule is CC(O)C(C)(C)NCc1cccc2cc[nH]c12. The molecule has 0 fully saturated rings.